The summed E-state index contributed by atoms with van der Waals surface area (Å²) in [5.41, 5.74) is -0.0295. The van der Waals surface area contributed by atoms with Crippen LogP contribution in [-0.2, 0) is 41.3 Å². The maximum atomic E-state index is 17.0. The van der Waals surface area contributed by atoms with Gasteiger partial charge in [0.15, 0.2) is 55.1 Å². The summed E-state index contributed by atoms with van der Waals surface area (Å²) in [7, 11) is -8.00. The van der Waals surface area contributed by atoms with E-state index in [9.17, 15) is 24.5 Å². The number of carbonyl (C=O) groups is 2. The molecule has 23 nitrogen and oxygen atoms in total. The number of amides is 2. The molecular weight excluding hydrogens is 936 g/mol. The summed E-state index contributed by atoms with van der Waals surface area (Å²) in [4.78, 5) is 74.8. The maximum Gasteiger partial charge on any atom is 0.333 e. The molecule has 2 unspecified atom stereocenters. The molecule has 0 spiro atoms. The number of ether oxygens (including phenoxy) is 2. The number of H-pyrrole nitrogens is 1. The van der Waals surface area contributed by atoms with Crippen LogP contribution in [-0.4, -0.2) is 121 Å². The number of alkyl halides is 1. The van der Waals surface area contributed by atoms with E-state index >= 15 is 4.39 Å². The first kappa shape index (κ1) is 48.6. The molecule has 3 saturated heterocycles. The molecule has 7 heterocycles. The number of hydrogen-bond donors (Lipinski definition) is 4. The molecule has 10 atom stereocenters. The fourth-order valence-electron chi connectivity index (χ4n) is 7.12. The van der Waals surface area contributed by atoms with Crippen LogP contribution in [0.2, 0.25) is 18.1 Å². The van der Waals surface area contributed by atoms with Crippen molar-refractivity contribution in [3.8, 4) is 6.07 Å². The summed E-state index contributed by atoms with van der Waals surface area (Å²) in [6, 6.07) is 10.5. The van der Waals surface area contributed by atoms with Crippen molar-refractivity contribution >= 4 is 71.4 Å². The minimum absolute atomic E-state index is 0.0222. The van der Waals surface area contributed by atoms with Crippen LogP contribution >= 0.6 is 17.2 Å². The van der Waals surface area contributed by atoms with Crippen molar-refractivity contribution in [2.24, 2.45) is 5.92 Å². The van der Waals surface area contributed by atoms with Crippen LogP contribution in [0.3, 0.4) is 0 Å². The zero-order valence-corrected chi connectivity index (χ0v) is 40.2. The number of nitrogens with zero attached hydrogens (tertiary/aromatic N) is 8. The molecule has 358 valence electrons. The molecule has 3 aliphatic rings. The second kappa shape index (κ2) is 20.0. The van der Waals surface area contributed by atoms with Crippen molar-refractivity contribution in [2.45, 2.75) is 108 Å². The van der Waals surface area contributed by atoms with Gasteiger partial charge in [-0.25, -0.2) is 24.3 Å². The Balaban J connectivity index is 1.12. The standard InChI is InChI=1S/C40H50FN11O12P2Si/c1-21(2)34(53)49-39-48-33-27(36(55)50-39)46-20-52(33)38-30-29(64-67(6,7)40(3,4)5)24(61-38)17-59-66(57-15-11-14-42)63-28-23(16-58-65(56)62-30)60-37(25(28)41)51-19-45-26-31(43-18-44-32(26)51)47-35(54)22-12-9-8-10-13-22/h8-10,12-13,18-21,23-25,28-30,37-38,56H,11,15-17H2,1-7H3,(H,43,44,47,54)(H2,48,49,50,53,55)/t23-,24-,25-,28-,29-,30-,37-,38-,65?,66?/m1/s1. The van der Waals surface area contributed by atoms with Gasteiger partial charge in [-0.15, -0.1) is 0 Å². The number of imidazole rings is 2. The fraction of sp³-hybridized carbons (Fsp3) is 0.525. The SMILES string of the molecule is CC(C)C(=O)Nc1nc2c(ncn2[C@@H]2O[C@@H]3COP(OCCC#N)O[C@H]4[C@@H](F)[C@H](n5cnc6c(NC(=O)c7ccccc7)ncnc65)O[C@@H]4COP(O)O[C@@H]2[C@@H]3O[Si](C)(C)C(C)(C)C)c(=O)[nH]1. The van der Waals surface area contributed by atoms with Crippen molar-refractivity contribution in [1.29, 1.82) is 5.26 Å². The van der Waals surface area contributed by atoms with E-state index in [-0.39, 0.29) is 58.8 Å². The quantitative estimate of drug-likeness (QED) is 0.0719. The average Bonchev–Trinajstić information content (AvgIpc) is 4.06. The Hall–Kier alpha value is -4.80. The summed E-state index contributed by atoms with van der Waals surface area (Å²) in [6.07, 6.45) is -6.67. The number of halogens is 1. The summed E-state index contributed by atoms with van der Waals surface area (Å²) < 4.78 is 70.5. The molecule has 4 N–H and O–H groups in total. The van der Waals surface area contributed by atoms with Crippen molar-refractivity contribution in [1.82, 2.24) is 39.0 Å². The van der Waals surface area contributed by atoms with Crippen molar-refractivity contribution < 1.29 is 55.4 Å². The highest BCUT2D eigenvalue weighted by Gasteiger charge is 2.55. The largest absolute Gasteiger partial charge is 0.408 e. The molecule has 67 heavy (non-hydrogen) atoms. The topological polar surface area (TPSA) is 283 Å². The summed E-state index contributed by atoms with van der Waals surface area (Å²) in [5.74, 6) is -1.31. The monoisotopic (exact) mass is 985 g/mol. The number of nitrogens with one attached hydrogen (secondary N) is 3. The third kappa shape index (κ3) is 10.3. The van der Waals surface area contributed by atoms with Crippen molar-refractivity contribution in [2.75, 3.05) is 30.5 Å². The van der Waals surface area contributed by atoms with Gasteiger partial charge in [-0.2, -0.15) is 10.2 Å². The van der Waals surface area contributed by atoms with Gasteiger partial charge in [0.05, 0.1) is 45.0 Å². The Morgan fingerprint density at radius 2 is 1.69 bits per heavy atom. The van der Waals surface area contributed by atoms with Crippen LogP contribution in [0.5, 0.6) is 0 Å². The average molecular weight is 986 g/mol. The minimum atomic E-state index is -2.83. The summed E-state index contributed by atoms with van der Waals surface area (Å²) in [5, 5.41) is 14.4. The van der Waals surface area contributed by atoms with Gasteiger partial charge in [-0.05, 0) is 30.3 Å². The first-order valence-electron chi connectivity index (χ1n) is 21.3. The molecule has 5 aromatic rings. The van der Waals surface area contributed by atoms with Crippen molar-refractivity contribution in [3.05, 3.63) is 65.2 Å². The molecule has 0 aliphatic carbocycles. The van der Waals surface area contributed by atoms with E-state index in [1.165, 1.54) is 28.1 Å². The lowest BCUT2D eigenvalue weighted by Gasteiger charge is -2.40. The minimum Gasteiger partial charge on any atom is -0.408 e. The number of hydrogen-bond acceptors (Lipinski definition) is 18. The molecule has 27 heteroatoms. The number of rotatable bonds is 11. The Morgan fingerprint density at radius 1 is 0.985 bits per heavy atom. The second-order valence-electron chi connectivity index (χ2n) is 17.6. The molecule has 4 aromatic heterocycles. The normalized spacial score (nSPS) is 27.2. The van der Waals surface area contributed by atoms with Crippen LogP contribution in [0.1, 0.15) is 63.9 Å². The van der Waals surface area contributed by atoms with Crippen LogP contribution < -0.4 is 16.2 Å². The van der Waals surface area contributed by atoms with Crippen LogP contribution in [0, 0.1) is 17.2 Å². The molecule has 2 bridgehead atoms. The van der Waals surface area contributed by atoms with Gasteiger partial charge >= 0.3 is 17.2 Å². The fourth-order valence-corrected chi connectivity index (χ4v) is 10.4. The first-order chi connectivity index (χ1) is 31.9. The van der Waals surface area contributed by atoms with Crippen LogP contribution in [0.15, 0.2) is 54.1 Å². The highest BCUT2D eigenvalue weighted by atomic mass is 31.2. The molecule has 1 aromatic carbocycles. The van der Waals surface area contributed by atoms with E-state index in [1.54, 1.807) is 44.2 Å². The van der Waals surface area contributed by atoms with E-state index in [1.807, 2.05) is 39.9 Å². The van der Waals surface area contributed by atoms with Gasteiger partial charge in [0.1, 0.15) is 36.8 Å². The van der Waals surface area contributed by atoms with Gasteiger partial charge in [-0.3, -0.25) is 33.8 Å². The molecule has 2 amide bonds. The Morgan fingerprint density at radius 3 is 2.40 bits per heavy atom. The second-order valence-corrected chi connectivity index (χ2v) is 24.5. The third-order valence-electron chi connectivity index (χ3n) is 11.7. The molecule has 3 fully saturated rings. The van der Waals surface area contributed by atoms with E-state index in [0.717, 1.165) is 0 Å². The van der Waals surface area contributed by atoms with E-state index in [0.29, 0.717) is 5.56 Å². The van der Waals surface area contributed by atoms with Crippen LogP contribution in [0.25, 0.3) is 22.3 Å². The Kier molecular flexibility index (Phi) is 14.5. The van der Waals surface area contributed by atoms with E-state index in [4.69, 9.17) is 36.5 Å². The molecule has 3 aliphatic heterocycles. The third-order valence-corrected chi connectivity index (χ3v) is 18.1. The smallest absolute Gasteiger partial charge is 0.333 e. The number of aromatic amines is 1. The molecule has 8 rings (SSSR count). The lowest BCUT2D eigenvalue weighted by atomic mass is 10.1. The van der Waals surface area contributed by atoms with Gasteiger partial charge in [0.2, 0.25) is 11.9 Å². The number of nitriles is 1. The molecular formula is C40H50FN11O12P2Si. The Bertz CT molecular complexity index is 2680. The lowest BCUT2D eigenvalue weighted by molar-refractivity contribution is -0.118. The van der Waals surface area contributed by atoms with Gasteiger partial charge in [0, 0.05) is 11.5 Å². The zero-order chi connectivity index (χ0) is 47.8. The number of anilines is 2. The number of fused-ring (bicyclic) bond motifs is 5. The summed E-state index contributed by atoms with van der Waals surface area (Å²) in [6.45, 7) is 12.6. The number of benzene rings is 1. The van der Waals surface area contributed by atoms with E-state index < -0.39 is 105 Å². The maximum absolute atomic E-state index is 17.0. The van der Waals surface area contributed by atoms with Gasteiger partial charge in [-0.1, -0.05) is 52.8 Å². The number of carbonyl (C=O) groups excluding carboxylic acids is 2. The summed E-state index contributed by atoms with van der Waals surface area (Å²) >= 11 is 0. The lowest BCUT2D eigenvalue weighted by Crippen LogP contribution is -2.50. The predicted molar refractivity (Wildman–Crippen MR) is 240 cm³/mol. The number of aromatic nitrogens is 8. The van der Waals surface area contributed by atoms with E-state index in [2.05, 4.69) is 40.5 Å². The first-order valence-corrected chi connectivity index (χ1v) is 26.4. The highest BCUT2D eigenvalue weighted by Crippen LogP contribution is 2.52. The zero-order valence-electron chi connectivity index (χ0n) is 37.4. The van der Waals surface area contributed by atoms with Gasteiger partial charge < -0.3 is 46.7 Å². The Labute approximate surface area is 386 Å². The molecule has 0 saturated carbocycles. The predicted octanol–water partition coefficient (Wildman–Crippen LogP) is 5.52. The van der Waals surface area contributed by atoms with Crippen LogP contribution in [0.4, 0.5) is 16.2 Å². The van der Waals surface area contributed by atoms with Gasteiger partial charge in [0.25, 0.3) is 11.5 Å². The highest BCUT2D eigenvalue weighted by molar-refractivity contribution is 7.41. The molecule has 0 radical (unpaired) electrons. The van der Waals surface area contributed by atoms with Crippen molar-refractivity contribution in [3.63, 3.8) is 0 Å².